The number of rotatable bonds is 2. The molecule has 2 aliphatic heterocycles. The minimum Gasteiger partial charge on any atom is -0.465 e. The average Bonchev–Trinajstić information content (AvgIpc) is 2.58. The number of ether oxygens (including phenoxy) is 1. The Kier molecular flexibility index (Phi) is 2.50. The second-order valence-corrected chi connectivity index (χ2v) is 6.37. The molecule has 1 N–H and O–H groups in total. The van der Waals surface area contributed by atoms with Gasteiger partial charge < -0.3 is 10.1 Å². The summed E-state index contributed by atoms with van der Waals surface area (Å²) < 4.78 is 28.0. The quantitative estimate of drug-likeness (QED) is 0.631. The van der Waals surface area contributed by atoms with Crippen molar-refractivity contribution in [2.75, 3.05) is 31.2 Å². The van der Waals surface area contributed by atoms with Gasteiger partial charge in [0.1, 0.15) is 0 Å². The molecule has 0 saturated carbocycles. The molecule has 2 unspecified atom stereocenters. The molecule has 86 valence electrons. The van der Waals surface area contributed by atoms with E-state index in [2.05, 4.69) is 5.32 Å². The highest BCUT2D eigenvalue weighted by molar-refractivity contribution is 7.91. The van der Waals surface area contributed by atoms with Gasteiger partial charge in [-0.05, 0) is 6.92 Å². The van der Waals surface area contributed by atoms with E-state index in [0.717, 1.165) is 0 Å². The highest BCUT2D eigenvalue weighted by Gasteiger charge is 2.58. The summed E-state index contributed by atoms with van der Waals surface area (Å²) in [4.78, 5) is 11.8. The summed E-state index contributed by atoms with van der Waals surface area (Å²) >= 11 is 0. The Bertz CT molecular complexity index is 378. The van der Waals surface area contributed by atoms with Gasteiger partial charge in [0, 0.05) is 19.0 Å². The third-order valence-electron chi connectivity index (χ3n) is 3.23. The first-order valence-electron chi connectivity index (χ1n) is 5.08. The van der Waals surface area contributed by atoms with Crippen LogP contribution in [0.25, 0.3) is 0 Å². The van der Waals surface area contributed by atoms with Gasteiger partial charge in [0.25, 0.3) is 0 Å². The Hall–Kier alpha value is -0.620. The van der Waals surface area contributed by atoms with Crippen LogP contribution in [0.1, 0.15) is 6.92 Å². The molecule has 5 nitrogen and oxygen atoms in total. The van der Waals surface area contributed by atoms with E-state index >= 15 is 0 Å². The first-order chi connectivity index (χ1) is 7.00. The molecular formula is C9H15NO4S. The third-order valence-corrected chi connectivity index (χ3v) is 5.09. The molecule has 15 heavy (non-hydrogen) atoms. The fraction of sp³-hybridized carbons (Fsp3) is 0.889. The fourth-order valence-corrected chi connectivity index (χ4v) is 4.94. The lowest BCUT2D eigenvalue weighted by Gasteiger charge is -2.23. The number of fused-ring (bicyclic) bond motifs is 1. The van der Waals surface area contributed by atoms with Crippen LogP contribution in [-0.2, 0) is 19.4 Å². The molecule has 0 aromatic heterocycles. The van der Waals surface area contributed by atoms with Crippen LogP contribution in [0.4, 0.5) is 0 Å². The molecule has 6 heteroatoms. The van der Waals surface area contributed by atoms with Crippen LogP contribution in [-0.4, -0.2) is 45.6 Å². The van der Waals surface area contributed by atoms with Crippen molar-refractivity contribution in [2.45, 2.75) is 6.92 Å². The average molecular weight is 233 g/mol. The Balaban J connectivity index is 2.28. The number of nitrogens with one attached hydrogen (secondary N) is 1. The largest absolute Gasteiger partial charge is 0.465 e. The molecule has 0 aromatic rings. The zero-order chi connectivity index (χ0) is 11.1. The van der Waals surface area contributed by atoms with E-state index in [-0.39, 0.29) is 23.4 Å². The van der Waals surface area contributed by atoms with Gasteiger partial charge >= 0.3 is 5.97 Å². The maximum Gasteiger partial charge on any atom is 0.314 e. The van der Waals surface area contributed by atoms with Crippen molar-refractivity contribution in [3.8, 4) is 0 Å². The Morgan fingerprint density at radius 1 is 1.60 bits per heavy atom. The van der Waals surface area contributed by atoms with Crippen LogP contribution in [0.3, 0.4) is 0 Å². The van der Waals surface area contributed by atoms with Crippen molar-refractivity contribution in [1.82, 2.24) is 5.32 Å². The van der Waals surface area contributed by atoms with Crippen molar-refractivity contribution >= 4 is 15.8 Å². The Labute approximate surface area is 89.1 Å². The van der Waals surface area contributed by atoms with E-state index in [1.165, 1.54) is 0 Å². The van der Waals surface area contributed by atoms with E-state index < -0.39 is 15.3 Å². The molecule has 2 heterocycles. The third kappa shape index (κ3) is 1.65. The summed E-state index contributed by atoms with van der Waals surface area (Å²) in [6.45, 7) is 3.05. The summed E-state index contributed by atoms with van der Waals surface area (Å²) in [7, 11) is -3.07. The summed E-state index contributed by atoms with van der Waals surface area (Å²) in [5.41, 5.74) is -0.811. The molecule has 0 radical (unpaired) electrons. The molecule has 0 aromatic carbocycles. The molecule has 2 saturated heterocycles. The Morgan fingerprint density at radius 3 is 3.00 bits per heavy atom. The Morgan fingerprint density at radius 2 is 2.33 bits per heavy atom. The van der Waals surface area contributed by atoms with Gasteiger partial charge in [-0.3, -0.25) is 4.79 Å². The number of hydrogen-bond donors (Lipinski definition) is 1. The zero-order valence-electron chi connectivity index (χ0n) is 8.65. The van der Waals surface area contributed by atoms with Crippen molar-refractivity contribution < 1.29 is 17.9 Å². The van der Waals surface area contributed by atoms with E-state index in [9.17, 15) is 13.2 Å². The van der Waals surface area contributed by atoms with Crippen molar-refractivity contribution in [3.63, 3.8) is 0 Å². The maximum absolute atomic E-state index is 11.8. The summed E-state index contributed by atoms with van der Waals surface area (Å²) in [6, 6.07) is 0. The second-order valence-electron chi connectivity index (χ2n) is 4.26. The molecule has 2 aliphatic rings. The van der Waals surface area contributed by atoms with Gasteiger partial charge in [-0.2, -0.15) is 0 Å². The van der Waals surface area contributed by atoms with Crippen molar-refractivity contribution in [1.29, 1.82) is 0 Å². The maximum atomic E-state index is 11.8. The second kappa shape index (κ2) is 3.45. The molecule has 0 bridgehead atoms. The highest BCUT2D eigenvalue weighted by atomic mass is 32.2. The van der Waals surface area contributed by atoms with Crippen LogP contribution in [0.5, 0.6) is 0 Å². The molecule has 0 amide bonds. The van der Waals surface area contributed by atoms with Gasteiger partial charge in [0.15, 0.2) is 9.84 Å². The topological polar surface area (TPSA) is 72.5 Å². The fourth-order valence-electron chi connectivity index (χ4n) is 2.53. The van der Waals surface area contributed by atoms with E-state index in [0.29, 0.717) is 19.7 Å². The van der Waals surface area contributed by atoms with Gasteiger partial charge in [0.2, 0.25) is 0 Å². The number of esters is 1. The minimum absolute atomic E-state index is 0.0590. The predicted molar refractivity (Wildman–Crippen MR) is 54.1 cm³/mol. The van der Waals surface area contributed by atoms with Crippen LogP contribution in [0.15, 0.2) is 0 Å². The normalized spacial score (nSPS) is 37.5. The van der Waals surface area contributed by atoms with Gasteiger partial charge in [0.05, 0.1) is 23.5 Å². The van der Waals surface area contributed by atoms with Crippen LogP contribution in [0.2, 0.25) is 0 Å². The zero-order valence-corrected chi connectivity index (χ0v) is 9.47. The van der Waals surface area contributed by atoms with Gasteiger partial charge in [-0.1, -0.05) is 0 Å². The predicted octanol–water partition coefficient (Wildman–Crippen LogP) is -0.816. The van der Waals surface area contributed by atoms with E-state index in [4.69, 9.17) is 4.74 Å². The monoisotopic (exact) mass is 233 g/mol. The summed E-state index contributed by atoms with van der Waals surface area (Å²) in [6.07, 6.45) is 0. The molecule has 2 atom stereocenters. The number of carbonyl (C=O) groups excluding carboxylic acids is 1. The van der Waals surface area contributed by atoms with Crippen molar-refractivity contribution in [3.05, 3.63) is 0 Å². The van der Waals surface area contributed by atoms with Crippen LogP contribution < -0.4 is 5.32 Å². The van der Waals surface area contributed by atoms with Crippen molar-refractivity contribution in [2.24, 2.45) is 11.3 Å². The standard InChI is InChI=1S/C9H15NO4S/c1-2-14-8(11)9-5-10-3-7(9)4-15(12,13)6-9/h7,10H,2-6H2,1H3. The van der Waals surface area contributed by atoms with E-state index in [1.807, 2.05) is 0 Å². The van der Waals surface area contributed by atoms with Gasteiger partial charge in [-0.25, -0.2) is 8.42 Å². The molecule has 0 aliphatic carbocycles. The number of hydrogen-bond acceptors (Lipinski definition) is 5. The smallest absolute Gasteiger partial charge is 0.314 e. The SMILES string of the molecule is CCOC(=O)C12CNCC1CS(=O)(=O)C2. The van der Waals surface area contributed by atoms with Crippen LogP contribution in [0, 0.1) is 11.3 Å². The lowest BCUT2D eigenvalue weighted by Crippen LogP contribution is -2.40. The minimum atomic E-state index is -3.07. The van der Waals surface area contributed by atoms with Crippen LogP contribution >= 0.6 is 0 Å². The summed E-state index contributed by atoms with van der Waals surface area (Å²) in [5, 5.41) is 3.08. The molecular weight excluding hydrogens is 218 g/mol. The lowest BCUT2D eigenvalue weighted by atomic mass is 9.81. The molecule has 2 rings (SSSR count). The number of sulfone groups is 1. The first kappa shape index (κ1) is 10.9. The first-order valence-corrected chi connectivity index (χ1v) is 6.91. The number of carbonyl (C=O) groups is 1. The van der Waals surface area contributed by atoms with E-state index in [1.54, 1.807) is 6.92 Å². The highest BCUT2D eigenvalue weighted by Crippen LogP contribution is 2.41. The molecule has 2 fully saturated rings. The molecule has 0 spiro atoms. The summed E-state index contributed by atoms with van der Waals surface area (Å²) in [5.74, 6) is -0.419. The van der Waals surface area contributed by atoms with Gasteiger partial charge in [-0.15, -0.1) is 0 Å². The lowest BCUT2D eigenvalue weighted by molar-refractivity contribution is -0.154.